The van der Waals surface area contributed by atoms with Gasteiger partial charge < -0.3 is 10.1 Å². The molecular formula is C15H15NO2. The molecule has 1 aromatic carbocycles. The average molecular weight is 241 g/mol. The lowest BCUT2D eigenvalue weighted by molar-refractivity contribution is 0.0691. The average Bonchev–Trinajstić information content (AvgIpc) is 2.82. The van der Waals surface area contributed by atoms with Crippen LogP contribution in [-0.2, 0) is 12.8 Å². The van der Waals surface area contributed by atoms with Crippen LogP contribution < -0.4 is 0 Å². The molecule has 18 heavy (non-hydrogen) atoms. The molecule has 1 atom stereocenters. The van der Waals surface area contributed by atoms with Crippen molar-refractivity contribution in [3.05, 3.63) is 58.9 Å². The van der Waals surface area contributed by atoms with E-state index in [-0.39, 0.29) is 0 Å². The Bertz CT molecular complexity index is 571. The van der Waals surface area contributed by atoms with Crippen LogP contribution in [0.2, 0.25) is 0 Å². The predicted octanol–water partition coefficient (Wildman–Crippen LogP) is 2.99. The van der Waals surface area contributed by atoms with Gasteiger partial charge >= 0.3 is 5.97 Å². The third kappa shape index (κ3) is 1.92. The molecule has 1 heterocycles. The number of carboxylic acids is 1. The van der Waals surface area contributed by atoms with Crippen molar-refractivity contribution in [3.8, 4) is 0 Å². The van der Waals surface area contributed by atoms with Crippen molar-refractivity contribution in [3.63, 3.8) is 0 Å². The quantitative estimate of drug-likeness (QED) is 0.849. The second-order valence-electron chi connectivity index (χ2n) is 4.84. The Morgan fingerprint density at radius 1 is 1.28 bits per heavy atom. The fourth-order valence-electron chi connectivity index (χ4n) is 2.75. The van der Waals surface area contributed by atoms with E-state index in [1.807, 2.05) is 6.07 Å². The first-order valence-electron chi connectivity index (χ1n) is 6.23. The maximum absolute atomic E-state index is 10.9. The standard InChI is InChI=1S/C15H15NO2/c17-15(18)14-9-12-7-6-11(8-13(12)16-14)10-4-2-1-3-5-10/h1-5,9,11,16H,6-8H2,(H,17,18). The number of H-pyrrole nitrogens is 1. The minimum absolute atomic E-state index is 0.314. The normalized spacial score (nSPS) is 18.3. The third-order valence-corrected chi connectivity index (χ3v) is 3.71. The molecule has 0 bridgehead atoms. The van der Waals surface area contributed by atoms with E-state index in [2.05, 4.69) is 29.2 Å². The minimum Gasteiger partial charge on any atom is -0.477 e. The fourth-order valence-corrected chi connectivity index (χ4v) is 2.75. The maximum Gasteiger partial charge on any atom is 0.352 e. The molecule has 0 saturated carbocycles. The highest BCUT2D eigenvalue weighted by molar-refractivity contribution is 5.86. The number of rotatable bonds is 2. The zero-order chi connectivity index (χ0) is 12.5. The molecule has 2 N–H and O–H groups in total. The van der Waals surface area contributed by atoms with Gasteiger partial charge in [0.25, 0.3) is 0 Å². The first-order valence-corrected chi connectivity index (χ1v) is 6.23. The van der Waals surface area contributed by atoms with Gasteiger partial charge in [0, 0.05) is 5.69 Å². The molecule has 3 nitrogen and oxygen atoms in total. The van der Waals surface area contributed by atoms with Gasteiger partial charge in [0.05, 0.1) is 0 Å². The van der Waals surface area contributed by atoms with Gasteiger partial charge in [0.15, 0.2) is 0 Å². The number of aromatic amines is 1. The van der Waals surface area contributed by atoms with Gasteiger partial charge in [-0.1, -0.05) is 30.3 Å². The van der Waals surface area contributed by atoms with Crippen LogP contribution in [-0.4, -0.2) is 16.1 Å². The topological polar surface area (TPSA) is 53.1 Å². The van der Waals surface area contributed by atoms with Crippen molar-refractivity contribution in [1.82, 2.24) is 4.98 Å². The summed E-state index contributed by atoms with van der Waals surface area (Å²) in [7, 11) is 0. The highest BCUT2D eigenvalue weighted by Crippen LogP contribution is 2.32. The molecule has 0 aliphatic heterocycles. The Labute approximate surface area is 105 Å². The van der Waals surface area contributed by atoms with E-state index in [4.69, 9.17) is 5.11 Å². The van der Waals surface area contributed by atoms with E-state index < -0.39 is 5.97 Å². The highest BCUT2D eigenvalue weighted by atomic mass is 16.4. The van der Waals surface area contributed by atoms with E-state index in [0.717, 1.165) is 25.0 Å². The monoisotopic (exact) mass is 241 g/mol. The smallest absolute Gasteiger partial charge is 0.352 e. The van der Waals surface area contributed by atoms with E-state index in [9.17, 15) is 4.79 Å². The summed E-state index contributed by atoms with van der Waals surface area (Å²) in [6.07, 6.45) is 2.96. The van der Waals surface area contributed by atoms with Gasteiger partial charge in [-0.3, -0.25) is 0 Å². The summed E-state index contributed by atoms with van der Waals surface area (Å²) >= 11 is 0. The molecule has 92 valence electrons. The molecule has 0 amide bonds. The van der Waals surface area contributed by atoms with Crippen LogP contribution in [0.5, 0.6) is 0 Å². The Kier molecular flexibility index (Phi) is 2.67. The number of nitrogens with one attached hydrogen (secondary N) is 1. The summed E-state index contributed by atoms with van der Waals surface area (Å²) in [5, 5.41) is 8.99. The predicted molar refractivity (Wildman–Crippen MR) is 69.0 cm³/mol. The Morgan fingerprint density at radius 2 is 2.06 bits per heavy atom. The second-order valence-corrected chi connectivity index (χ2v) is 4.84. The zero-order valence-corrected chi connectivity index (χ0v) is 10.0. The largest absolute Gasteiger partial charge is 0.477 e. The number of carbonyl (C=O) groups is 1. The van der Waals surface area contributed by atoms with Crippen LogP contribution in [0.4, 0.5) is 0 Å². The number of aryl methyl sites for hydroxylation is 1. The van der Waals surface area contributed by atoms with Crippen LogP contribution in [0.1, 0.15) is 39.6 Å². The molecule has 3 heteroatoms. The lowest BCUT2D eigenvalue weighted by Gasteiger charge is -2.22. The first kappa shape index (κ1) is 11.1. The van der Waals surface area contributed by atoms with Crippen molar-refractivity contribution >= 4 is 5.97 Å². The van der Waals surface area contributed by atoms with Crippen molar-refractivity contribution in [1.29, 1.82) is 0 Å². The number of aromatic carboxylic acids is 1. The fraction of sp³-hybridized carbons (Fsp3) is 0.267. The summed E-state index contributed by atoms with van der Waals surface area (Å²) in [6, 6.07) is 12.2. The second kappa shape index (κ2) is 4.33. The van der Waals surface area contributed by atoms with E-state index in [0.29, 0.717) is 11.6 Å². The summed E-state index contributed by atoms with van der Waals surface area (Å²) in [5.41, 5.74) is 3.91. The van der Waals surface area contributed by atoms with Crippen LogP contribution in [0.3, 0.4) is 0 Å². The molecule has 1 aliphatic rings. The maximum atomic E-state index is 10.9. The van der Waals surface area contributed by atoms with Gasteiger partial charge in [0.2, 0.25) is 0 Å². The third-order valence-electron chi connectivity index (χ3n) is 3.71. The number of benzene rings is 1. The van der Waals surface area contributed by atoms with Gasteiger partial charge in [-0.25, -0.2) is 4.79 Å². The van der Waals surface area contributed by atoms with Crippen LogP contribution in [0, 0.1) is 0 Å². The molecule has 0 saturated heterocycles. The first-order chi connectivity index (χ1) is 8.74. The SMILES string of the molecule is O=C(O)c1cc2c([nH]1)CC(c1ccccc1)CC2. The summed E-state index contributed by atoms with van der Waals surface area (Å²) in [6.45, 7) is 0. The summed E-state index contributed by atoms with van der Waals surface area (Å²) < 4.78 is 0. The minimum atomic E-state index is -0.874. The van der Waals surface area contributed by atoms with Gasteiger partial charge in [-0.05, 0) is 42.4 Å². The molecule has 1 aliphatic carbocycles. The van der Waals surface area contributed by atoms with Crippen molar-refractivity contribution < 1.29 is 9.90 Å². The van der Waals surface area contributed by atoms with Crippen LogP contribution >= 0.6 is 0 Å². The lowest BCUT2D eigenvalue weighted by Crippen LogP contribution is -2.11. The summed E-state index contributed by atoms with van der Waals surface area (Å²) in [5.74, 6) is -0.375. The Balaban J connectivity index is 1.87. The molecule has 1 unspecified atom stereocenters. The van der Waals surface area contributed by atoms with E-state index in [1.54, 1.807) is 6.07 Å². The van der Waals surface area contributed by atoms with Crippen molar-refractivity contribution in [2.75, 3.05) is 0 Å². The van der Waals surface area contributed by atoms with Gasteiger partial charge in [0.1, 0.15) is 5.69 Å². The molecular weight excluding hydrogens is 226 g/mol. The van der Waals surface area contributed by atoms with E-state index >= 15 is 0 Å². The van der Waals surface area contributed by atoms with Crippen LogP contribution in [0.15, 0.2) is 36.4 Å². The van der Waals surface area contributed by atoms with Gasteiger partial charge in [-0.2, -0.15) is 0 Å². The molecule has 2 aromatic rings. The highest BCUT2D eigenvalue weighted by Gasteiger charge is 2.23. The van der Waals surface area contributed by atoms with Crippen molar-refractivity contribution in [2.45, 2.75) is 25.2 Å². The van der Waals surface area contributed by atoms with E-state index in [1.165, 1.54) is 11.1 Å². The molecule has 0 spiro atoms. The Hall–Kier alpha value is -2.03. The summed E-state index contributed by atoms with van der Waals surface area (Å²) in [4.78, 5) is 14.0. The lowest BCUT2D eigenvalue weighted by atomic mass is 9.83. The Morgan fingerprint density at radius 3 is 2.78 bits per heavy atom. The van der Waals surface area contributed by atoms with Crippen LogP contribution in [0.25, 0.3) is 0 Å². The molecule has 0 radical (unpaired) electrons. The number of carboxylic acid groups (broad SMARTS) is 1. The number of hydrogen-bond donors (Lipinski definition) is 2. The zero-order valence-electron chi connectivity index (χ0n) is 10.0. The number of aromatic nitrogens is 1. The molecule has 1 aromatic heterocycles. The number of fused-ring (bicyclic) bond motifs is 1. The van der Waals surface area contributed by atoms with Crippen molar-refractivity contribution in [2.24, 2.45) is 0 Å². The van der Waals surface area contributed by atoms with Gasteiger partial charge in [-0.15, -0.1) is 0 Å². The molecule has 3 rings (SSSR count). The number of hydrogen-bond acceptors (Lipinski definition) is 1. The molecule has 0 fully saturated rings.